The number of primary amides is 1. The Labute approximate surface area is 618 Å². The number of amides is 14. The van der Waals surface area contributed by atoms with Gasteiger partial charge in [0, 0.05) is 131 Å². The Morgan fingerprint density at radius 3 is 2.24 bits per heavy atom. The fourth-order valence-electron chi connectivity index (χ4n) is 13.2. The number of piperazine rings is 1. The van der Waals surface area contributed by atoms with E-state index in [1.54, 1.807) is 86.5 Å². The number of imide groups is 2. The Bertz CT molecular complexity index is 4190. The summed E-state index contributed by atoms with van der Waals surface area (Å²) >= 11 is 6.46. The summed E-state index contributed by atoms with van der Waals surface area (Å²) in [5, 5.41) is 25.7. The van der Waals surface area contributed by atoms with E-state index in [2.05, 4.69) is 74.6 Å². The number of hydrogen-bond donors (Lipinski definition) is 10. The topological polar surface area (TPSA) is 390 Å². The number of nitrogens with zero attached hydrogens (tertiary/aromatic N) is 7. The zero-order valence-electron chi connectivity index (χ0n) is 59.3. The van der Waals surface area contributed by atoms with Crippen LogP contribution < -0.4 is 58.5 Å². The molecule has 1 saturated carbocycles. The number of ether oxygens (including phenoxy) is 1. The van der Waals surface area contributed by atoms with Crippen LogP contribution in [-0.2, 0) is 51.5 Å². The highest BCUT2D eigenvalue weighted by Gasteiger charge is 2.40. The van der Waals surface area contributed by atoms with Crippen molar-refractivity contribution in [3.63, 3.8) is 0 Å². The lowest BCUT2D eigenvalue weighted by molar-refractivity contribution is -0.138. The second kappa shape index (κ2) is 36.7. The number of anilines is 6. The van der Waals surface area contributed by atoms with E-state index in [4.69, 9.17) is 22.1 Å². The molecule has 3 fully saturated rings. The van der Waals surface area contributed by atoms with Crippen molar-refractivity contribution >= 4 is 117 Å². The van der Waals surface area contributed by atoms with Gasteiger partial charge in [0.05, 0.1) is 17.4 Å². The lowest BCUT2D eigenvalue weighted by atomic mass is 9.90. The SMILES string of the molecule is CNC(=O)c1ccccc1Nc1nc(Nc2ccc(N3CCN(C(=O)NC4CCC(N(CCC#Cc5ccc6c(c5)CN(C5CCC(=O)NC5=O)C6=O)C(=O)OCc5ccc(NC(=O)[C@H](CCCNC(N)=O)NC(=O)[C@@H](NC(=O)CCCCCN6C(=O)C=CC6=O)C(C)C)cc5)CC4)CC3)cc2)ncc1Cl. The quantitative estimate of drug-likeness (QED) is 0.0139. The molecule has 31 heteroatoms. The van der Waals surface area contributed by atoms with Crippen molar-refractivity contribution in [1.82, 2.24) is 61.5 Å². The molecule has 11 N–H and O–H groups in total. The molecule has 1 aliphatic carbocycles. The minimum atomic E-state index is -1.11. The van der Waals surface area contributed by atoms with Gasteiger partial charge in [0.25, 0.3) is 23.6 Å². The van der Waals surface area contributed by atoms with Gasteiger partial charge in [-0.3, -0.25) is 53.4 Å². The van der Waals surface area contributed by atoms with Crippen molar-refractivity contribution in [3.8, 4) is 11.8 Å². The summed E-state index contributed by atoms with van der Waals surface area (Å²) in [6, 6.07) is 22.4. The number of urea groups is 2. The van der Waals surface area contributed by atoms with Gasteiger partial charge in [-0.2, -0.15) is 4.98 Å². The highest BCUT2D eigenvalue weighted by atomic mass is 35.5. The van der Waals surface area contributed by atoms with Gasteiger partial charge in [-0.1, -0.05) is 68.0 Å². The Hall–Kier alpha value is -11.6. The maximum Gasteiger partial charge on any atom is 0.410 e. The summed E-state index contributed by atoms with van der Waals surface area (Å²) in [5.74, 6) is 2.86. The Kier molecular flexibility index (Phi) is 26.7. The summed E-state index contributed by atoms with van der Waals surface area (Å²) in [6.45, 7) is 6.30. The number of nitrogens with two attached hydrogens (primary N) is 1. The van der Waals surface area contributed by atoms with Crippen molar-refractivity contribution in [2.75, 3.05) is 73.7 Å². The lowest BCUT2D eigenvalue weighted by Crippen LogP contribution is -2.54. The molecule has 558 valence electrons. The number of carbonyl (C=O) groups is 12. The van der Waals surface area contributed by atoms with Gasteiger partial charge in [-0.05, 0) is 142 Å². The van der Waals surface area contributed by atoms with E-state index in [0.29, 0.717) is 116 Å². The summed E-state index contributed by atoms with van der Waals surface area (Å²) < 4.78 is 5.99. The molecule has 30 nitrogen and oxygen atoms in total. The molecular weight excluding hydrogens is 1380 g/mol. The number of benzene rings is 4. The smallest absolute Gasteiger partial charge is 0.410 e. The molecule has 0 radical (unpaired) electrons. The number of piperidine rings is 1. The van der Waals surface area contributed by atoms with Crippen molar-refractivity contribution < 1.29 is 62.3 Å². The number of rotatable bonds is 29. The van der Waals surface area contributed by atoms with Gasteiger partial charge in [0.15, 0.2) is 5.82 Å². The summed E-state index contributed by atoms with van der Waals surface area (Å²) in [5.41, 5.74) is 10.7. The first-order chi connectivity index (χ1) is 51.1. The van der Waals surface area contributed by atoms with E-state index in [-0.39, 0.29) is 142 Å². The molecule has 4 aromatic carbocycles. The van der Waals surface area contributed by atoms with Crippen LogP contribution in [0.2, 0.25) is 5.02 Å². The first-order valence-electron chi connectivity index (χ1n) is 35.6. The Balaban J connectivity index is 0.723. The summed E-state index contributed by atoms with van der Waals surface area (Å²) in [6.07, 6.45) is 8.20. The molecule has 2 saturated heterocycles. The van der Waals surface area contributed by atoms with Crippen LogP contribution in [0.15, 0.2) is 109 Å². The summed E-state index contributed by atoms with van der Waals surface area (Å²) in [7, 11) is 1.55. The van der Waals surface area contributed by atoms with Gasteiger partial charge >= 0.3 is 18.2 Å². The number of fused-ring (bicyclic) bond motifs is 1. The Morgan fingerprint density at radius 1 is 0.802 bits per heavy atom. The normalized spacial score (nSPS) is 17.4. The molecule has 0 bridgehead atoms. The molecular formula is C75H88ClN17O13. The number of hydrogen-bond acceptors (Lipinski definition) is 18. The van der Waals surface area contributed by atoms with Gasteiger partial charge in [0.1, 0.15) is 29.8 Å². The van der Waals surface area contributed by atoms with Crippen molar-refractivity contribution in [1.29, 1.82) is 0 Å². The molecule has 10 rings (SSSR count). The predicted molar refractivity (Wildman–Crippen MR) is 394 cm³/mol. The van der Waals surface area contributed by atoms with Crippen LogP contribution in [0.25, 0.3) is 0 Å². The molecule has 5 aliphatic rings. The summed E-state index contributed by atoms with van der Waals surface area (Å²) in [4.78, 5) is 172. The van der Waals surface area contributed by atoms with Crippen LogP contribution in [0.5, 0.6) is 0 Å². The van der Waals surface area contributed by atoms with Crippen LogP contribution in [0, 0.1) is 17.8 Å². The van der Waals surface area contributed by atoms with Gasteiger partial charge in [-0.15, -0.1) is 0 Å². The van der Waals surface area contributed by atoms with Crippen molar-refractivity contribution in [3.05, 3.63) is 142 Å². The highest BCUT2D eigenvalue weighted by molar-refractivity contribution is 6.33. The third-order valence-corrected chi connectivity index (χ3v) is 19.3. The fourth-order valence-corrected chi connectivity index (χ4v) is 13.3. The molecule has 0 spiro atoms. The predicted octanol–water partition coefficient (Wildman–Crippen LogP) is 6.46. The average molecular weight is 1470 g/mol. The zero-order chi connectivity index (χ0) is 75.4. The maximum atomic E-state index is 14.3. The highest BCUT2D eigenvalue weighted by Crippen LogP contribution is 2.31. The van der Waals surface area contributed by atoms with Crippen LogP contribution >= 0.6 is 11.6 Å². The number of para-hydroxylation sites is 1. The monoisotopic (exact) mass is 1470 g/mol. The van der Waals surface area contributed by atoms with E-state index in [0.717, 1.165) is 16.3 Å². The first-order valence-corrected chi connectivity index (χ1v) is 36.0. The average Bonchev–Trinajstić information content (AvgIpc) is 1.64. The third-order valence-electron chi connectivity index (χ3n) is 19.0. The molecule has 3 atom stereocenters. The molecule has 106 heavy (non-hydrogen) atoms. The Morgan fingerprint density at radius 2 is 1.53 bits per heavy atom. The van der Waals surface area contributed by atoms with E-state index in [1.165, 1.54) is 23.2 Å². The molecule has 1 unspecified atom stereocenters. The van der Waals surface area contributed by atoms with Crippen molar-refractivity contribution in [2.45, 2.75) is 141 Å². The number of aromatic nitrogens is 2. The number of unbranched alkanes of at least 4 members (excludes halogenated alkanes) is 2. The molecule has 1 aromatic heterocycles. The molecule has 5 aromatic rings. The van der Waals surface area contributed by atoms with Crippen LogP contribution in [-0.4, -0.2) is 184 Å². The van der Waals surface area contributed by atoms with Crippen LogP contribution in [0.1, 0.15) is 135 Å². The van der Waals surface area contributed by atoms with Crippen LogP contribution in [0.4, 0.5) is 48.9 Å². The third kappa shape index (κ3) is 20.8. The molecule has 4 aliphatic heterocycles. The minimum absolute atomic E-state index is 0.0867. The van der Waals surface area contributed by atoms with Crippen molar-refractivity contribution in [2.24, 2.45) is 11.7 Å². The van der Waals surface area contributed by atoms with Gasteiger partial charge in [0.2, 0.25) is 35.5 Å². The first kappa shape index (κ1) is 77.0. The van der Waals surface area contributed by atoms with Gasteiger partial charge < -0.3 is 72.6 Å². The number of halogens is 1. The lowest BCUT2D eigenvalue weighted by Gasteiger charge is -2.39. The molecule has 5 heterocycles. The van der Waals surface area contributed by atoms with Gasteiger partial charge in [-0.25, -0.2) is 19.4 Å². The standard InChI is InChI=1S/C75H88ClN17O13/c1-46(2)65(86-61(94)16-5-4-9-37-92-63(96)33-34-64(92)97)70(101)85-59(15-11-35-79-72(77)103)68(99)81-50-20-17-48(18-21-50)45-106-75(105)91(36-10-8-12-47-19-30-55-49(42-47)44-93(71(55)102)60-31-32-62(95)87-69(60)100)54-28-24-52(25-29-54)83-74(104)90-40-38-89(39-41-90)53-26-22-51(23-27-53)82-73-80-43-57(76)66(88-73)84-58-14-7-6-13-56(58)67(98)78-3/h6-7,13-14,17-23,26-27,30,33-34,42-43,46,52,54,59-60,65H,4-5,9-11,15-16,24-25,28-29,31-32,35-41,44-45H2,1-3H3,(H,78,98)(H,81,99)(H,83,104)(H,85,101)(H,86,94)(H3,77,79,103)(H,87,95,100)(H2,80,82,84,88)/t52?,54?,59-,60?,65-/m0/s1. The van der Waals surface area contributed by atoms with E-state index in [1.807, 2.05) is 35.2 Å². The molecule has 14 amide bonds. The number of nitrogens with one attached hydrogen (secondary N) is 9. The van der Waals surface area contributed by atoms with Crippen LogP contribution in [0.3, 0.4) is 0 Å². The second-order valence-corrected chi connectivity index (χ2v) is 27.2. The van der Waals surface area contributed by atoms with E-state index in [9.17, 15) is 57.5 Å². The maximum absolute atomic E-state index is 14.3. The minimum Gasteiger partial charge on any atom is -0.445 e. The van der Waals surface area contributed by atoms with E-state index >= 15 is 0 Å². The fraction of sp³-hybridized carbons (Fsp3) is 0.413. The second-order valence-electron chi connectivity index (χ2n) is 26.8. The van der Waals surface area contributed by atoms with E-state index < -0.39 is 48.0 Å². The largest absolute Gasteiger partial charge is 0.445 e. The number of carbonyl (C=O) groups excluding carboxylic acids is 12. The zero-order valence-corrected chi connectivity index (χ0v) is 60.1.